The zero-order chi connectivity index (χ0) is 12.3. The standard InChI is InChI=1S/C9H10BrNO4S/c1-2-16(14,15)11(10)8-6-4-3-5-7(8)9(12)13/h3-6H,2H2,1H3,(H,12,13). The monoisotopic (exact) mass is 307 g/mol. The highest BCUT2D eigenvalue weighted by atomic mass is 79.9. The van der Waals surface area contributed by atoms with Crippen molar-refractivity contribution < 1.29 is 18.3 Å². The van der Waals surface area contributed by atoms with E-state index in [1.54, 1.807) is 6.07 Å². The lowest BCUT2D eigenvalue weighted by Gasteiger charge is -2.17. The molecule has 0 aromatic heterocycles. The average molecular weight is 308 g/mol. The number of nitrogens with zero attached hydrogens (tertiary/aromatic N) is 1. The smallest absolute Gasteiger partial charge is 0.337 e. The number of anilines is 1. The van der Waals surface area contributed by atoms with Crippen molar-refractivity contribution in [1.29, 1.82) is 0 Å². The van der Waals surface area contributed by atoms with Gasteiger partial charge in [0.2, 0.25) is 10.0 Å². The van der Waals surface area contributed by atoms with Gasteiger partial charge in [-0.25, -0.2) is 16.5 Å². The van der Waals surface area contributed by atoms with Gasteiger partial charge in [-0.3, -0.25) is 0 Å². The first kappa shape index (κ1) is 13.0. The normalized spacial score (nSPS) is 11.1. The fourth-order valence-electron chi connectivity index (χ4n) is 1.07. The Morgan fingerprint density at radius 3 is 2.50 bits per heavy atom. The summed E-state index contributed by atoms with van der Waals surface area (Å²) in [6, 6.07) is 5.87. The second-order valence-corrected chi connectivity index (χ2v) is 6.22. The van der Waals surface area contributed by atoms with E-state index in [1.165, 1.54) is 25.1 Å². The van der Waals surface area contributed by atoms with Crippen molar-refractivity contribution in [3.63, 3.8) is 0 Å². The lowest BCUT2D eigenvalue weighted by Crippen LogP contribution is -2.24. The second-order valence-electron chi connectivity index (χ2n) is 2.94. The van der Waals surface area contributed by atoms with Crippen LogP contribution in [0, 0.1) is 0 Å². The van der Waals surface area contributed by atoms with Gasteiger partial charge in [-0.1, -0.05) is 12.1 Å². The fourth-order valence-corrected chi connectivity index (χ4v) is 2.68. The number of carboxylic acid groups (broad SMARTS) is 1. The molecular formula is C9H10BrNO4S. The van der Waals surface area contributed by atoms with E-state index in [4.69, 9.17) is 5.11 Å². The van der Waals surface area contributed by atoms with E-state index in [0.29, 0.717) is 0 Å². The molecule has 0 saturated heterocycles. The second kappa shape index (κ2) is 4.84. The number of halogens is 1. The molecule has 0 aliphatic carbocycles. The van der Waals surface area contributed by atoms with Gasteiger partial charge in [0.25, 0.3) is 0 Å². The maximum Gasteiger partial charge on any atom is 0.337 e. The maximum absolute atomic E-state index is 11.6. The van der Waals surface area contributed by atoms with Gasteiger partial charge in [-0.2, -0.15) is 0 Å². The maximum atomic E-state index is 11.6. The number of carboxylic acids is 1. The van der Waals surface area contributed by atoms with Crippen molar-refractivity contribution in [2.24, 2.45) is 0 Å². The summed E-state index contributed by atoms with van der Waals surface area (Å²) in [7, 11) is -3.52. The van der Waals surface area contributed by atoms with Crippen LogP contribution in [0.15, 0.2) is 24.3 Å². The molecule has 1 aromatic rings. The van der Waals surface area contributed by atoms with E-state index in [9.17, 15) is 13.2 Å². The summed E-state index contributed by atoms with van der Waals surface area (Å²) in [4.78, 5) is 10.9. The van der Waals surface area contributed by atoms with Crippen LogP contribution >= 0.6 is 16.1 Å². The predicted octanol–water partition coefficient (Wildman–Crippen LogP) is 1.85. The van der Waals surface area contributed by atoms with Gasteiger partial charge in [0.15, 0.2) is 0 Å². The highest BCUT2D eigenvalue weighted by Gasteiger charge is 2.22. The average Bonchev–Trinajstić information content (AvgIpc) is 2.28. The molecule has 0 atom stereocenters. The number of hydrogen-bond donors (Lipinski definition) is 1. The minimum Gasteiger partial charge on any atom is -0.478 e. The molecule has 7 heteroatoms. The van der Waals surface area contributed by atoms with Crippen LogP contribution in [0.1, 0.15) is 17.3 Å². The third kappa shape index (κ3) is 2.53. The molecule has 0 aliphatic rings. The molecule has 0 unspecified atom stereocenters. The van der Waals surface area contributed by atoms with Crippen molar-refractivity contribution >= 4 is 37.8 Å². The van der Waals surface area contributed by atoms with E-state index in [0.717, 1.165) is 3.33 Å². The Morgan fingerprint density at radius 1 is 1.44 bits per heavy atom. The predicted molar refractivity (Wildman–Crippen MR) is 64.3 cm³/mol. The Hall–Kier alpha value is -1.08. The van der Waals surface area contributed by atoms with Crippen LogP contribution in [0.5, 0.6) is 0 Å². The molecule has 0 fully saturated rings. The summed E-state index contributed by atoms with van der Waals surface area (Å²) in [5, 5.41) is 8.91. The molecule has 1 N–H and O–H groups in total. The van der Waals surface area contributed by atoms with Crippen LogP contribution in [0.3, 0.4) is 0 Å². The SMILES string of the molecule is CCS(=O)(=O)N(Br)c1ccccc1C(=O)O. The summed E-state index contributed by atoms with van der Waals surface area (Å²) >= 11 is 2.87. The number of hydrogen-bond acceptors (Lipinski definition) is 3. The van der Waals surface area contributed by atoms with Gasteiger partial charge in [-0.15, -0.1) is 0 Å². The van der Waals surface area contributed by atoms with Crippen molar-refractivity contribution in [2.75, 3.05) is 9.08 Å². The number of para-hydroxylation sites is 1. The van der Waals surface area contributed by atoms with Gasteiger partial charge in [0, 0.05) is 0 Å². The molecule has 1 rings (SSSR count). The Kier molecular flexibility index (Phi) is 3.93. The lowest BCUT2D eigenvalue weighted by molar-refractivity contribution is 0.0698. The lowest BCUT2D eigenvalue weighted by atomic mass is 10.2. The molecule has 0 radical (unpaired) electrons. The van der Waals surface area contributed by atoms with Gasteiger partial charge in [0.05, 0.1) is 33.2 Å². The summed E-state index contributed by atoms with van der Waals surface area (Å²) in [6.45, 7) is 1.48. The third-order valence-electron chi connectivity index (χ3n) is 1.93. The number of rotatable bonds is 4. The third-order valence-corrected chi connectivity index (χ3v) is 5.05. The molecule has 0 spiro atoms. The Morgan fingerprint density at radius 2 is 2.00 bits per heavy atom. The Labute approximate surface area is 102 Å². The summed E-state index contributed by atoms with van der Waals surface area (Å²) in [5.41, 5.74) is 0.0215. The quantitative estimate of drug-likeness (QED) is 0.861. The Balaban J connectivity index is 3.29. The molecule has 0 bridgehead atoms. The van der Waals surface area contributed by atoms with Crippen molar-refractivity contribution in [3.8, 4) is 0 Å². The number of carbonyl (C=O) groups is 1. The topological polar surface area (TPSA) is 74.7 Å². The van der Waals surface area contributed by atoms with E-state index >= 15 is 0 Å². The molecule has 16 heavy (non-hydrogen) atoms. The molecule has 0 heterocycles. The minimum atomic E-state index is -3.52. The zero-order valence-electron chi connectivity index (χ0n) is 8.42. The summed E-state index contributed by atoms with van der Waals surface area (Å²) in [6.07, 6.45) is 0. The highest BCUT2D eigenvalue weighted by molar-refractivity contribution is 9.11. The first-order valence-electron chi connectivity index (χ1n) is 4.41. The van der Waals surface area contributed by atoms with E-state index in [1.807, 2.05) is 0 Å². The number of aromatic carboxylic acids is 1. The molecule has 1 aromatic carbocycles. The number of sulfonamides is 1. The fraction of sp³-hybridized carbons (Fsp3) is 0.222. The van der Waals surface area contributed by atoms with E-state index in [-0.39, 0.29) is 17.0 Å². The van der Waals surface area contributed by atoms with Gasteiger partial charge in [0.1, 0.15) is 0 Å². The van der Waals surface area contributed by atoms with Crippen LogP contribution in [0.4, 0.5) is 5.69 Å². The van der Waals surface area contributed by atoms with Gasteiger partial charge < -0.3 is 5.11 Å². The van der Waals surface area contributed by atoms with Crippen LogP contribution in [0.25, 0.3) is 0 Å². The van der Waals surface area contributed by atoms with E-state index in [2.05, 4.69) is 16.1 Å². The molecule has 0 saturated carbocycles. The molecule has 0 aliphatic heterocycles. The van der Waals surface area contributed by atoms with Crippen LogP contribution < -0.4 is 3.33 Å². The van der Waals surface area contributed by atoms with Crippen LogP contribution in [-0.2, 0) is 10.0 Å². The van der Waals surface area contributed by atoms with Gasteiger partial charge in [-0.05, 0) is 19.1 Å². The van der Waals surface area contributed by atoms with Gasteiger partial charge >= 0.3 is 5.97 Å². The molecule has 88 valence electrons. The largest absolute Gasteiger partial charge is 0.478 e. The zero-order valence-corrected chi connectivity index (χ0v) is 10.8. The van der Waals surface area contributed by atoms with E-state index < -0.39 is 16.0 Å². The summed E-state index contributed by atoms with van der Waals surface area (Å²) < 4.78 is 23.9. The number of benzene rings is 1. The highest BCUT2D eigenvalue weighted by Crippen LogP contribution is 2.26. The van der Waals surface area contributed by atoms with Crippen molar-refractivity contribution in [3.05, 3.63) is 29.8 Å². The first-order valence-corrected chi connectivity index (χ1v) is 6.73. The molecule has 0 amide bonds. The first-order chi connectivity index (χ1) is 7.40. The van der Waals surface area contributed by atoms with Crippen LogP contribution in [0.2, 0.25) is 0 Å². The molecule has 5 nitrogen and oxygen atoms in total. The van der Waals surface area contributed by atoms with Crippen molar-refractivity contribution in [1.82, 2.24) is 0 Å². The molecular weight excluding hydrogens is 298 g/mol. The van der Waals surface area contributed by atoms with Crippen LogP contribution in [-0.4, -0.2) is 25.2 Å². The minimum absolute atomic E-state index is 0.0728. The van der Waals surface area contributed by atoms with Crippen molar-refractivity contribution in [2.45, 2.75) is 6.92 Å². The Bertz CT molecular complexity index is 500. The summed E-state index contributed by atoms with van der Waals surface area (Å²) in [5.74, 6) is -1.29.